The van der Waals surface area contributed by atoms with Crippen molar-refractivity contribution < 1.29 is 14.3 Å². The fourth-order valence-corrected chi connectivity index (χ4v) is 5.03. The van der Waals surface area contributed by atoms with Gasteiger partial charge in [-0.3, -0.25) is 9.59 Å². The molecule has 1 unspecified atom stereocenters. The Morgan fingerprint density at radius 3 is 2.50 bits per heavy atom. The number of amides is 2. The lowest BCUT2D eigenvalue weighted by Gasteiger charge is -2.36. The third-order valence-electron chi connectivity index (χ3n) is 6.90. The Morgan fingerprint density at radius 2 is 1.88 bits per heavy atom. The molecule has 2 aliphatic heterocycles. The van der Waals surface area contributed by atoms with Crippen molar-refractivity contribution >= 4 is 30.0 Å². The van der Waals surface area contributed by atoms with Gasteiger partial charge < -0.3 is 19.9 Å². The quantitative estimate of drug-likeness (QED) is 0.679. The molecule has 2 saturated heterocycles. The molecule has 0 aliphatic carbocycles. The van der Waals surface area contributed by atoms with Crippen LogP contribution < -0.4 is 10.2 Å². The highest BCUT2D eigenvalue weighted by molar-refractivity contribution is 5.96. The summed E-state index contributed by atoms with van der Waals surface area (Å²) in [5.74, 6) is 0.975. The smallest absolute Gasteiger partial charge is 0.254 e. The Morgan fingerprint density at radius 1 is 1.15 bits per heavy atom. The van der Waals surface area contributed by atoms with Gasteiger partial charge >= 0.3 is 0 Å². The Hall–Kier alpha value is -2.64. The van der Waals surface area contributed by atoms with Gasteiger partial charge in [-0.25, -0.2) is 4.98 Å². The van der Waals surface area contributed by atoms with Crippen LogP contribution in [0.4, 0.5) is 5.82 Å². The summed E-state index contributed by atoms with van der Waals surface area (Å²) in [6, 6.07) is 8.00. The van der Waals surface area contributed by atoms with Crippen LogP contribution in [0.2, 0.25) is 0 Å². The van der Waals surface area contributed by atoms with E-state index < -0.39 is 0 Å². The second-order valence-corrected chi connectivity index (χ2v) is 9.13. The van der Waals surface area contributed by atoms with Gasteiger partial charge in [0.05, 0.1) is 12.5 Å². The van der Waals surface area contributed by atoms with Gasteiger partial charge in [0.15, 0.2) is 0 Å². The number of ether oxygens (including phenoxy) is 1. The maximum atomic E-state index is 13.3. The number of benzene rings is 1. The van der Waals surface area contributed by atoms with Gasteiger partial charge in [0.2, 0.25) is 5.91 Å². The highest BCUT2D eigenvalue weighted by atomic mass is 35.5. The van der Waals surface area contributed by atoms with E-state index in [0.717, 1.165) is 36.5 Å². The van der Waals surface area contributed by atoms with E-state index in [9.17, 15) is 9.59 Å². The van der Waals surface area contributed by atoms with Crippen molar-refractivity contribution in [3.8, 4) is 0 Å². The summed E-state index contributed by atoms with van der Waals surface area (Å²) >= 11 is 0. The minimum atomic E-state index is -0.230. The number of aromatic nitrogens is 1. The third kappa shape index (κ3) is 5.20. The summed E-state index contributed by atoms with van der Waals surface area (Å²) in [4.78, 5) is 34.5. The first kappa shape index (κ1) is 26.0. The summed E-state index contributed by atoms with van der Waals surface area (Å²) in [5, 5.41) is 2.94. The number of nitrogens with zero attached hydrogens (tertiary/aromatic N) is 3. The number of rotatable bonds is 6. The zero-order chi connectivity index (χ0) is 23.5. The molecule has 184 valence electrons. The second-order valence-electron chi connectivity index (χ2n) is 9.13. The van der Waals surface area contributed by atoms with Gasteiger partial charge in [-0.05, 0) is 48.6 Å². The van der Waals surface area contributed by atoms with E-state index in [0.29, 0.717) is 31.8 Å². The van der Waals surface area contributed by atoms with Crippen LogP contribution in [0, 0.1) is 19.8 Å². The van der Waals surface area contributed by atoms with E-state index in [1.165, 1.54) is 11.1 Å². The lowest BCUT2D eigenvalue weighted by Crippen LogP contribution is -2.49. The number of methoxy groups -OCH3 is 1. The Bertz CT molecular complexity index is 1040. The monoisotopic (exact) mass is 486 g/mol. The predicted molar refractivity (Wildman–Crippen MR) is 136 cm³/mol. The number of hydrogen-bond acceptors (Lipinski definition) is 5. The van der Waals surface area contributed by atoms with E-state index in [4.69, 9.17) is 4.74 Å². The molecule has 7 nitrogen and oxygen atoms in total. The molecule has 1 aromatic carbocycles. The molecule has 2 amide bonds. The van der Waals surface area contributed by atoms with Crippen LogP contribution in [-0.2, 0) is 16.0 Å². The molecule has 4 rings (SSSR count). The molecule has 0 spiro atoms. The number of carbonyl (C=O) groups is 2. The number of pyridine rings is 1. The lowest BCUT2D eigenvalue weighted by molar-refractivity contribution is -0.120. The Labute approximate surface area is 208 Å². The molecule has 1 aromatic heterocycles. The summed E-state index contributed by atoms with van der Waals surface area (Å²) in [6.45, 7) is 10.2. The van der Waals surface area contributed by atoms with Crippen LogP contribution in [-0.4, -0.2) is 68.1 Å². The predicted octanol–water partition coefficient (Wildman–Crippen LogP) is 3.12. The standard InChI is InChI=1S/C26H34N4O3.ClH/c1-5-19-12-18(3)24(27-14-19)29-8-10-30(11-9-29)26(32)22-7-6-20(13-17(22)2)23-21(16-33-4)15-28-25(23)31;/h6-7,12-14,21,23H,5,8-11,15-16H2,1-4H3,(H,28,31);1H/t21?,23-;/m0./s1. The van der Waals surface area contributed by atoms with Crippen molar-refractivity contribution in [2.75, 3.05) is 51.3 Å². The summed E-state index contributed by atoms with van der Waals surface area (Å²) in [6.07, 6.45) is 2.93. The number of halogens is 1. The van der Waals surface area contributed by atoms with Crippen molar-refractivity contribution in [2.45, 2.75) is 33.1 Å². The van der Waals surface area contributed by atoms with Crippen molar-refractivity contribution in [3.63, 3.8) is 0 Å². The first-order valence-corrected chi connectivity index (χ1v) is 11.8. The highest BCUT2D eigenvalue weighted by Gasteiger charge is 2.36. The van der Waals surface area contributed by atoms with Crippen molar-refractivity contribution in [2.24, 2.45) is 5.92 Å². The fourth-order valence-electron chi connectivity index (χ4n) is 5.03. The molecule has 8 heteroatoms. The minimum absolute atomic E-state index is 0. The fraction of sp³-hybridized carbons (Fsp3) is 0.500. The van der Waals surface area contributed by atoms with E-state index >= 15 is 0 Å². The first-order chi connectivity index (χ1) is 15.9. The molecular weight excluding hydrogens is 452 g/mol. The van der Waals surface area contributed by atoms with Gasteiger partial charge in [-0.15, -0.1) is 12.4 Å². The minimum Gasteiger partial charge on any atom is -0.384 e. The average Bonchev–Trinajstić information content (AvgIpc) is 3.18. The number of hydrogen-bond donors (Lipinski definition) is 1. The summed E-state index contributed by atoms with van der Waals surface area (Å²) in [7, 11) is 1.66. The van der Waals surface area contributed by atoms with Gasteiger partial charge in [-0.2, -0.15) is 0 Å². The molecule has 2 atom stereocenters. The zero-order valence-corrected chi connectivity index (χ0v) is 21.3. The lowest BCUT2D eigenvalue weighted by atomic mass is 9.87. The molecule has 2 aliphatic rings. The van der Waals surface area contributed by atoms with Gasteiger partial charge in [0.25, 0.3) is 5.91 Å². The van der Waals surface area contributed by atoms with Crippen molar-refractivity contribution in [3.05, 3.63) is 58.3 Å². The molecule has 2 fully saturated rings. The van der Waals surface area contributed by atoms with Gasteiger partial charge in [0, 0.05) is 57.5 Å². The number of piperazine rings is 1. The van der Waals surface area contributed by atoms with E-state index in [2.05, 4.69) is 35.1 Å². The molecule has 1 N–H and O–H groups in total. The van der Waals surface area contributed by atoms with Gasteiger partial charge in [0.1, 0.15) is 5.82 Å². The number of nitrogens with one attached hydrogen (secondary N) is 1. The number of aryl methyl sites for hydroxylation is 3. The van der Waals surface area contributed by atoms with Crippen molar-refractivity contribution in [1.29, 1.82) is 0 Å². The van der Waals surface area contributed by atoms with Crippen LogP contribution in [0.3, 0.4) is 0 Å². The van der Waals surface area contributed by atoms with Crippen LogP contribution >= 0.6 is 12.4 Å². The topological polar surface area (TPSA) is 74.8 Å². The number of anilines is 1. The molecule has 3 heterocycles. The van der Waals surface area contributed by atoms with Crippen LogP contribution in [0.1, 0.15) is 45.5 Å². The van der Waals surface area contributed by atoms with Crippen LogP contribution in [0.5, 0.6) is 0 Å². The molecule has 2 aromatic rings. The molecule has 0 bridgehead atoms. The first-order valence-electron chi connectivity index (χ1n) is 11.8. The summed E-state index contributed by atoms with van der Waals surface area (Å²) in [5.41, 5.74) is 4.98. The Balaban J connectivity index is 0.00000324. The summed E-state index contributed by atoms with van der Waals surface area (Å²) < 4.78 is 5.30. The zero-order valence-electron chi connectivity index (χ0n) is 20.5. The second kappa shape index (κ2) is 11.2. The highest BCUT2D eigenvalue weighted by Crippen LogP contribution is 2.31. The molecule has 0 radical (unpaired) electrons. The maximum absolute atomic E-state index is 13.3. The van der Waals surface area contributed by atoms with E-state index in [1.807, 2.05) is 36.2 Å². The molecule has 0 saturated carbocycles. The molecular formula is C26H35ClN4O3. The van der Waals surface area contributed by atoms with E-state index in [-0.39, 0.29) is 36.1 Å². The van der Waals surface area contributed by atoms with Crippen LogP contribution in [0.15, 0.2) is 30.5 Å². The SMILES string of the molecule is CCc1cnc(N2CCN(C(=O)c3ccc([C@@H]4C(=O)NCC4COC)cc3C)CC2)c(C)c1.Cl. The van der Waals surface area contributed by atoms with Gasteiger partial charge in [-0.1, -0.05) is 25.1 Å². The maximum Gasteiger partial charge on any atom is 0.254 e. The van der Waals surface area contributed by atoms with Crippen LogP contribution in [0.25, 0.3) is 0 Å². The number of carbonyl (C=O) groups excluding carboxylic acids is 2. The van der Waals surface area contributed by atoms with E-state index in [1.54, 1.807) is 7.11 Å². The third-order valence-corrected chi connectivity index (χ3v) is 6.90. The largest absolute Gasteiger partial charge is 0.384 e. The molecule has 34 heavy (non-hydrogen) atoms. The average molecular weight is 487 g/mol. The van der Waals surface area contributed by atoms with Crippen molar-refractivity contribution in [1.82, 2.24) is 15.2 Å². The Kier molecular flexibility index (Phi) is 8.55. The normalized spacial score (nSPS) is 20.2.